The van der Waals surface area contributed by atoms with Crippen LogP contribution in [-0.4, -0.2) is 5.11 Å². The molecule has 1 unspecified atom stereocenters. The smallest absolute Gasteiger partial charge is 0.134 e. The molecule has 2 aromatic carbocycles. The van der Waals surface area contributed by atoms with E-state index in [9.17, 15) is 9.50 Å². The molecule has 0 aliphatic carbocycles. The Balaban J connectivity index is 1.88. The van der Waals surface area contributed by atoms with Crippen molar-refractivity contribution >= 4 is 26.9 Å². The molecule has 1 heterocycles. The van der Waals surface area contributed by atoms with Gasteiger partial charge in [-0.3, -0.25) is 0 Å². The Labute approximate surface area is 124 Å². The molecule has 0 amide bonds. The first-order valence-electron chi connectivity index (χ1n) is 6.24. The first-order chi connectivity index (χ1) is 9.63. The molecule has 1 aromatic heterocycles. The van der Waals surface area contributed by atoms with Crippen molar-refractivity contribution in [2.75, 3.05) is 0 Å². The monoisotopic (exact) mass is 334 g/mol. The van der Waals surface area contributed by atoms with Gasteiger partial charge in [0.2, 0.25) is 0 Å². The van der Waals surface area contributed by atoms with E-state index in [2.05, 4.69) is 15.9 Å². The van der Waals surface area contributed by atoms with Crippen LogP contribution in [0.5, 0.6) is 0 Å². The lowest BCUT2D eigenvalue weighted by Gasteiger charge is -2.09. The maximum atomic E-state index is 13.2. The van der Waals surface area contributed by atoms with E-state index in [0.717, 1.165) is 15.4 Å². The van der Waals surface area contributed by atoms with Gasteiger partial charge in [0.05, 0.1) is 0 Å². The van der Waals surface area contributed by atoms with Crippen LogP contribution >= 0.6 is 15.9 Å². The van der Waals surface area contributed by atoms with Crippen molar-refractivity contribution in [3.63, 3.8) is 0 Å². The normalized spacial score (nSPS) is 12.8. The molecule has 20 heavy (non-hydrogen) atoms. The number of aliphatic hydroxyl groups is 1. The van der Waals surface area contributed by atoms with Crippen LogP contribution < -0.4 is 0 Å². The lowest BCUT2D eigenvalue weighted by molar-refractivity contribution is 0.152. The maximum Gasteiger partial charge on any atom is 0.134 e. The minimum atomic E-state index is -0.805. The van der Waals surface area contributed by atoms with Gasteiger partial charge in [-0.25, -0.2) is 4.39 Å². The fourth-order valence-electron chi connectivity index (χ4n) is 2.18. The van der Waals surface area contributed by atoms with Crippen LogP contribution in [0.4, 0.5) is 4.39 Å². The van der Waals surface area contributed by atoms with Gasteiger partial charge in [-0.2, -0.15) is 0 Å². The molecule has 0 radical (unpaired) electrons. The molecule has 1 N–H and O–H groups in total. The molecule has 4 heteroatoms. The van der Waals surface area contributed by atoms with Gasteiger partial charge < -0.3 is 9.52 Å². The van der Waals surface area contributed by atoms with E-state index < -0.39 is 6.10 Å². The number of furan rings is 1. The van der Waals surface area contributed by atoms with Crippen molar-refractivity contribution in [3.8, 4) is 0 Å². The van der Waals surface area contributed by atoms with Crippen molar-refractivity contribution in [1.29, 1.82) is 0 Å². The Kier molecular flexibility index (Phi) is 3.59. The van der Waals surface area contributed by atoms with Crippen LogP contribution in [0, 0.1) is 5.82 Å². The van der Waals surface area contributed by atoms with Crippen molar-refractivity contribution in [2.24, 2.45) is 0 Å². The Morgan fingerprint density at radius 3 is 2.75 bits per heavy atom. The summed E-state index contributed by atoms with van der Waals surface area (Å²) in [5.74, 6) is 0.169. The average Bonchev–Trinajstić information content (AvgIpc) is 2.87. The summed E-state index contributed by atoms with van der Waals surface area (Å²) in [4.78, 5) is 0. The summed E-state index contributed by atoms with van der Waals surface area (Å²) in [6.45, 7) is 0. The number of para-hydroxylation sites is 1. The summed E-state index contributed by atoms with van der Waals surface area (Å²) >= 11 is 3.36. The number of hydrogen-bond acceptors (Lipinski definition) is 2. The Morgan fingerprint density at radius 2 is 1.95 bits per heavy atom. The zero-order valence-corrected chi connectivity index (χ0v) is 12.1. The second-order valence-electron chi connectivity index (χ2n) is 4.64. The van der Waals surface area contributed by atoms with Crippen molar-refractivity contribution < 1.29 is 13.9 Å². The molecule has 2 nitrogen and oxygen atoms in total. The van der Waals surface area contributed by atoms with Crippen LogP contribution in [0.1, 0.15) is 17.4 Å². The van der Waals surface area contributed by atoms with Crippen LogP contribution in [0.2, 0.25) is 0 Å². The van der Waals surface area contributed by atoms with Crippen molar-refractivity contribution in [1.82, 2.24) is 0 Å². The van der Waals surface area contributed by atoms with Crippen LogP contribution in [0.25, 0.3) is 11.0 Å². The number of aliphatic hydroxyl groups excluding tert-OH is 1. The Hall–Kier alpha value is -1.65. The zero-order chi connectivity index (χ0) is 14.1. The number of halogens is 2. The third-order valence-corrected chi connectivity index (χ3v) is 3.97. The molecule has 0 spiro atoms. The van der Waals surface area contributed by atoms with E-state index in [1.54, 1.807) is 6.07 Å². The minimum absolute atomic E-state index is 0.290. The second-order valence-corrected chi connectivity index (χ2v) is 5.50. The van der Waals surface area contributed by atoms with Crippen LogP contribution in [0.15, 0.2) is 57.4 Å². The summed E-state index contributed by atoms with van der Waals surface area (Å²) in [5.41, 5.74) is 1.44. The topological polar surface area (TPSA) is 33.4 Å². The third kappa shape index (κ3) is 2.62. The van der Waals surface area contributed by atoms with E-state index in [-0.39, 0.29) is 12.2 Å². The minimum Gasteiger partial charge on any atom is -0.458 e. The molecular weight excluding hydrogens is 323 g/mol. The largest absolute Gasteiger partial charge is 0.458 e. The van der Waals surface area contributed by atoms with Gasteiger partial charge in [0.15, 0.2) is 0 Å². The predicted octanol–water partition coefficient (Wildman–Crippen LogP) is 4.61. The fraction of sp³-hybridized carbons (Fsp3) is 0.125. The highest BCUT2D eigenvalue weighted by Crippen LogP contribution is 2.28. The summed E-state index contributed by atoms with van der Waals surface area (Å²) in [6.07, 6.45) is -0.515. The fourth-order valence-corrected chi connectivity index (χ4v) is 2.58. The SMILES string of the molecule is OC(Cc1cc(F)ccc1Br)c1cc2ccccc2o1. The van der Waals surface area contributed by atoms with Gasteiger partial charge in [-0.1, -0.05) is 34.1 Å². The lowest BCUT2D eigenvalue weighted by Crippen LogP contribution is -2.01. The first-order valence-corrected chi connectivity index (χ1v) is 7.03. The molecule has 0 aliphatic rings. The first kappa shape index (κ1) is 13.3. The van der Waals surface area contributed by atoms with E-state index >= 15 is 0 Å². The molecular formula is C16H12BrFO2. The van der Waals surface area contributed by atoms with Gasteiger partial charge in [0.1, 0.15) is 23.3 Å². The van der Waals surface area contributed by atoms with Crippen LogP contribution in [0.3, 0.4) is 0 Å². The van der Waals surface area contributed by atoms with Gasteiger partial charge >= 0.3 is 0 Å². The number of fused-ring (bicyclic) bond motifs is 1. The Bertz CT molecular complexity index is 718. The molecule has 1 atom stereocenters. The zero-order valence-electron chi connectivity index (χ0n) is 10.5. The highest BCUT2D eigenvalue weighted by Gasteiger charge is 2.15. The summed E-state index contributed by atoms with van der Waals surface area (Å²) in [5, 5.41) is 11.2. The van der Waals surface area contributed by atoms with Crippen LogP contribution in [-0.2, 0) is 6.42 Å². The van der Waals surface area contributed by atoms with Crippen molar-refractivity contribution in [2.45, 2.75) is 12.5 Å². The standard InChI is InChI=1S/C16H12BrFO2/c17-13-6-5-12(18)7-11(13)8-14(19)16-9-10-3-1-2-4-15(10)20-16/h1-7,9,14,19H,8H2. The van der Waals surface area contributed by atoms with E-state index in [1.165, 1.54) is 12.1 Å². The molecule has 0 fully saturated rings. The van der Waals surface area contributed by atoms with E-state index in [0.29, 0.717) is 11.3 Å². The lowest BCUT2D eigenvalue weighted by atomic mass is 10.1. The molecule has 102 valence electrons. The highest BCUT2D eigenvalue weighted by atomic mass is 79.9. The number of rotatable bonds is 3. The molecule has 0 saturated carbocycles. The summed E-state index contributed by atoms with van der Waals surface area (Å²) in [6, 6.07) is 13.8. The van der Waals surface area contributed by atoms with Gasteiger partial charge in [0.25, 0.3) is 0 Å². The molecule has 3 rings (SSSR count). The molecule has 0 saturated heterocycles. The summed E-state index contributed by atoms with van der Waals surface area (Å²) in [7, 11) is 0. The average molecular weight is 335 g/mol. The maximum absolute atomic E-state index is 13.2. The highest BCUT2D eigenvalue weighted by molar-refractivity contribution is 9.10. The van der Waals surface area contributed by atoms with Gasteiger partial charge in [0, 0.05) is 16.3 Å². The quantitative estimate of drug-likeness (QED) is 0.758. The third-order valence-electron chi connectivity index (χ3n) is 3.19. The summed E-state index contributed by atoms with van der Waals surface area (Å²) < 4.78 is 19.6. The molecule has 0 bridgehead atoms. The second kappa shape index (κ2) is 5.38. The number of hydrogen-bond donors (Lipinski definition) is 1. The molecule has 3 aromatic rings. The Morgan fingerprint density at radius 1 is 1.15 bits per heavy atom. The van der Waals surface area contributed by atoms with E-state index in [4.69, 9.17) is 4.42 Å². The van der Waals surface area contributed by atoms with Gasteiger partial charge in [-0.05, 0) is 35.9 Å². The molecule has 0 aliphatic heterocycles. The number of benzene rings is 2. The van der Waals surface area contributed by atoms with Gasteiger partial charge in [-0.15, -0.1) is 0 Å². The predicted molar refractivity (Wildman–Crippen MR) is 79.0 cm³/mol. The van der Waals surface area contributed by atoms with Crippen molar-refractivity contribution in [3.05, 3.63) is 70.1 Å². The van der Waals surface area contributed by atoms with E-state index in [1.807, 2.05) is 30.3 Å².